The summed E-state index contributed by atoms with van der Waals surface area (Å²) in [5.74, 6) is 1.21. The van der Waals surface area contributed by atoms with Crippen LogP contribution in [0, 0.1) is 5.92 Å². The first kappa shape index (κ1) is 15.5. The molecule has 0 bridgehead atoms. The summed E-state index contributed by atoms with van der Waals surface area (Å²) in [4.78, 5) is 2.39. The molecule has 0 saturated heterocycles. The van der Waals surface area contributed by atoms with Crippen molar-refractivity contribution < 1.29 is 5.11 Å². The summed E-state index contributed by atoms with van der Waals surface area (Å²) < 4.78 is 0. The Balaban J connectivity index is 2.19. The van der Waals surface area contributed by atoms with Crippen LogP contribution in [0.2, 0.25) is 0 Å². The maximum atomic E-state index is 10.8. The van der Waals surface area contributed by atoms with Gasteiger partial charge < -0.3 is 5.11 Å². The van der Waals surface area contributed by atoms with Crippen LogP contribution in [0.25, 0.3) is 0 Å². The summed E-state index contributed by atoms with van der Waals surface area (Å²) in [6, 6.07) is 9.10. The fourth-order valence-electron chi connectivity index (χ4n) is 3.62. The molecule has 0 radical (unpaired) electrons. The Hall–Kier alpha value is -0.860. The van der Waals surface area contributed by atoms with Gasteiger partial charge in [0.2, 0.25) is 0 Å². The van der Waals surface area contributed by atoms with Gasteiger partial charge in [0.1, 0.15) is 0 Å². The zero-order chi connectivity index (χ0) is 14.9. The van der Waals surface area contributed by atoms with Crippen molar-refractivity contribution in [2.75, 3.05) is 7.05 Å². The quantitative estimate of drug-likeness (QED) is 0.899. The molecule has 0 aromatic heterocycles. The Morgan fingerprint density at radius 3 is 2.40 bits per heavy atom. The third-order valence-corrected chi connectivity index (χ3v) is 4.84. The van der Waals surface area contributed by atoms with Crippen LogP contribution >= 0.6 is 0 Å². The summed E-state index contributed by atoms with van der Waals surface area (Å²) in [6.07, 6.45) is 1.86. The van der Waals surface area contributed by atoms with Gasteiger partial charge in [-0.15, -0.1) is 0 Å². The highest BCUT2D eigenvalue weighted by Gasteiger charge is 2.35. The number of likely N-dealkylation sites (N-methyl/N-ethyl adjacent to an activating group) is 1. The molecule has 2 heteroatoms. The van der Waals surface area contributed by atoms with E-state index in [1.54, 1.807) is 0 Å². The number of hydrogen-bond acceptors (Lipinski definition) is 2. The number of rotatable bonds is 4. The average Bonchev–Trinajstić information content (AvgIpc) is 2.41. The van der Waals surface area contributed by atoms with Crippen LogP contribution in [-0.4, -0.2) is 29.1 Å². The van der Waals surface area contributed by atoms with Crippen LogP contribution in [0.3, 0.4) is 0 Å². The summed E-state index contributed by atoms with van der Waals surface area (Å²) in [7, 11) is 2.17. The minimum absolute atomic E-state index is 0.230. The first-order chi connectivity index (χ1) is 9.41. The van der Waals surface area contributed by atoms with E-state index in [9.17, 15) is 5.11 Å². The molecule has 1 aromatic carbocycles. The van der Waals surface area contributed by atoms with Crippen LogP contribution in [0.4, 0.5) is 0 Å². The number of hydrogen-bond donors (Lipinski definition) is 1. The van der Waals surface area contributed by atoms with Gasteiger partial charge >= 0.3 is 0 Å². The Kier molecular flexibility index (Phi) is 4.87. The van der Waals surface area contributed by atoms with Crippen molar-refractivity contribution in [1.82, 2.24) is 4.90 Å². The lowest BCUT2D eigenvalue weighted by atomic mass is 9.78. The minimum atomic E-state index is -0.359. The Morgan fingerprint density at radius 2 is 1.80 bits per heavy atom. The topological polar surface area (TPSA) is 23.5 Å². The maximum Gasteiger partial charge on any atom is 0.0948 e. The lowest BCUT2D eigenvalue weighted by Crippen LogP contribution is -2.45. The molecule has 0 fully saturated rings. The molecule has 20 heavy (non-hydrogen) atoms. The predicted octanol–water partition coefficient (Wildman–Crippen LogP) is 3.96. The van der Waals surface area contributed by atoms with E-state index in [1.165, 1.54) is 12.0 Å². The second kappa shape index (κ2) is 6.28. The van der Waals surface area contributed by atoms with Gasteiger partial charge in [0.15, 0.2) is 0 Å². The van der Waals surface area contributed by atoms with Crippen molar-refractivity contribution >= 4 is 0 Å². The van der Waals surface area contributed by atoms with E-state index in [0.717, 1.165) is 12.0 Å². The Bertz CT molecular complexity index is 443. The van der Waals surface area contributed by atoms with E-state index < -0.39 is 0 Å². The van der Waals surface area contributed by atoms with E-state index in [1.807, 2.05) is 6.07 Å². The van der Waals surface area contributed by atoms with Crippen molar-refractivity contribution in [3.05, 3.63) is 35.4 Å². The number of nitrogens with zero attached hydrogens (tertiary/aromatic N) is 1. The second-order valence-corrected chi connectivity index (χ2v) is 6.92. The van der Waals surface area contributed by atoms with Crippen molar-refractivity contribution in [2.45, 2.75) is 64.6 Å². The monoisotopic (exact) mass is 275 g/mol. The standard InChI is InChI=1S/C18H29NO/c1-12(2)10-14(4)19(5)17-11-13(3)15-8-6-7-9-16(15)18(17)20/h6-9,12-14,17-18,20H,10-11H2,1-5H3. The molecule has 2 rings (SSSR count). The number of aliphatic hydroxyl groups is 1. The lowest BCUT2D eigenvalue weighted by molar-refractivity contribution is 0.0225. The van der Waals surface area contributed by atoms with Gasteiger partial charge in [-0.3, -0.25) is 4.90 Å². The molecular formula is C18H29NO. The zero-order valence-corrected chi connectivity index (χ0v) is 13.5. The summed E-state index contributed by atoms with van der Waals surface area (Å²) >= 11 is 0. The Labute approximate surface area is 123 Å². The van der Waals surface area contributed by atoms with Crippen LogP contribution in [0.5, 0.6) is 0 Å². The summed E-state index contributed by atoms with van der Waals surface area (Å²) in [6.45, 7) is 9.08. The summed E-state index contributed by atoms with van der Waals surface area (Å²) in [5.41, 5.74) is 2.45. The van der Waals surface area contributed by atoms with Gasteiger partial charge in [-0.1, -0.05) is 45.0 Å². The largest absolute Gasteiger partial charge is 0.387 e. The van der Waals surface area contributed by atoms with Crippen molar-refractivity contribution in [3.63, 3.8) is 0 Å². The molecular weight excluding hydrogens is 246 g/mol. The van der Waals surface area contributed by atoms with Gasteiger partial charge in [0, 0.05) is 12.1 Å². The molecule has 0 saturated carbocycles. The predicted molar refractivity (Wildman–Crippen MR) is 84.9 cm³/mol. The third kappa shape index (κ3) is 3.07. The van der Waals surface area contributed by atoms with E-state index in [4.69, 9.17) is 0 Å². The van der Waals surface area contributed by atoms with E-state index in [2.05, 4.69) is 57.8 Å². The molecule has 1 aromatic rings. The van der Waals surface area contributed by atoms with Gasteiger partial charge in [0.25, 0.3) is 0 Å². The molecule has 0 spiro atoms. The molecule has 0 heterocycles. The van der Waals surface area contributed by atoms with Crippen LogP contribution < -0.4 is 0 Å². The van der Waals surface area contributed by atoms with Crippen LogP contribution in [0.1, 0.15) is 63.7 Å². The molecule has 112 valence electrons. The second-order valence-electron chi connectivity index (χ2n) is 6.92. The highest BCUT2D eigenvalue weighted by Crippen LogP contribution is 2.39. The van der Waals surface area contributed by atoms with Crippen molar-refractivity contribution in [1.29, 1.82) is 0 Å². The van der Waals surface area contributed by atoms with E-state index >= 15 is 0 Å². The Morgan fingerprint density at radius 1 is 1.20 bits per heavy atom. The van der Waals surface area contributed by atoms with E-state index in [0.29, 0.717) is 17.9 Å². The average molecular weight is 275 g/mol. The third-order valence-electron chi connectivity index (χ3n) is 4.84. The maximum absolute atomic E-state index is 10.8. The highest BCUT2D eigenvalue weighted by atomic mass is 16.3. The molecule has 1 N–H and O–H groups in total. The number of benzene rings is 1. The molecule has 2 nitrogen and oxygen atoms in total. The van der Waals surface area contributed by atoms with Crippen LogP contribution in [-0.2, 0) is 0 Å². The van der Waals surface area contributed by atoms with Gasteiger partial charge in [-0.25, -0.2) is 0 Å². The van der Waals surface area contributed by atoms with E-state index in [-0.39, 0.29) is 12.1 Å². The fourth-order valence-corrected chi connectivity index (χ4v) is 3.62. The molecule has 4 unspecified atom stereocenters. The zero-order valence-electron chi connectivity index (χ0n) is 13.5. The molecule has 1 aliphatic carbocycles. The first-order valence-electron chi connectivity index (χ1n) is 7.90. The number of fused-ring (bicyclic) bond motifs is 1. The normalized spacial score (nSPS) is 27.7. The smallest absolute Gasteiger partial charge is 0.0948 e. The SMILES string of the molecule is CC(C)CC(C)N(C)C1CC(C)c2ccccc2C1O. The molecule has 1 aliphatic rings. The molecule has 0 amide bonds. The summed E-state index contributed by atoms with van der Waals surface area (Å²) in [5, 5.41) is 10.8. The van der Waals surface area contributed by atoms with Gasteiger partial charge in [-0.2, -0.15) is 0 Å². The first-order valence-corrected chi connectivity index (χ1v) is 7.90. The lowest BCUT2D eigenvalue weighted by Gasteiger charge is -2.42. The van der Waals surface area contributed by atoms with Crippen molar-refractivity contribution in [3.8, 4) is 0 Å². The van der Waals surface area contributed by atoms with Crippen LogP contribution in [0.15, 0.2) is 24.3 Å². The number of aliphatic hydroxyl groups excluding tert-OH is 1. The van der Waals surface area contributed by atoms with Gasteiger partial charge in [-0.05, 0) is 49.8 Å². The molecule has 4 atom stereocenters. The van der Waals surface area contributed by atoms with Gasteiger partial charge in [0.05, 0.1) is 6.10 Å². The minimum Gasteiger partial charge on any atom is -0.387 e. The molecule has 0 aliphatic heterocycles. The fraction of sp³-hybridized carbons (Fsp3) is 0.667. The van der Waals surface area contributed by atoms with Crippen molar-refractivity contribution in [2.24, 2.45) is 5.92 Å². The highest BCUT2D eigenvalue weighted by molar-refractivity contribution is 5.35.